The van der Waals surface area contributed by atoms with Gasteiger partial charge in [0.15, 0.2) is 11.5 Å². The van der Waals surface area contributed by atoms with Crippen molar-refractivity contribution in [1.29, 1.82) is 0 Å². The van der Waals surface area contributed by atoms with Crippen molar-refractivity contribution >= 4 is 5.97 Å². The monoisotopic (exact) mass is 251 g/mol. The zero-order valence-corrected chi connectivity index (χ0v) is 10.2. The Hall–Kier alpha value is -1.75. The van der Waals surface area contributed by atoms with Gasteiger partial charge < -0.3 is 14.9 Å². The van der Waals surface area contributed by atoms with Crippen LogP contribution >= 0.6 is 0 Å². The Morgan fingerprint density at radius 1 is 1.56 bits per heavy atom. The second-order valence-corrected chi connectivity index (χ2v) is 4.34. The maximum Gasteiger partial charge on any atom is 0.325 e. The lowest BCUT2D eigenvalue weighted by Gasteiger charge is -2.17. The van der Waals surface area contributed by atoms with E-state index in [2.05, 4.69) is 5.32 Å². The molecular weight excluding hydrogens is 234 g/mol. The number of para-hydroxylation sites is 1. The number of aromatic hydroxyl groups is 1. The first kappa shape index (κ1) is 12.7. The Morgan fingerprint density at radius 2 is 2.28 bits per heavy atom. The van der Waals surface area contributed by atoms with Crippen molar-refractivity contribution in [2.24, 2.45) is 0 Å². The van der Waals surface area contributed by atoms with Crippen molar-refractivity contribution in [3.05, 3.63) is 23.8 Å². The van der Waals surface area contributed by atoms with Crippen LogP contribution in [0.25, 0.3) is 0 Å². The zero-order chi connectivity index (χ0) is 13.1. The topological polar surface area (TPSA) is 78.8 Å². The molecule has 1 saturated carbocycles. The summed E-state index contributed by atoms with van der Waals surface area (Å²) < 4.78 is 5.26. The Morgan fingerprint density at radius 3 is 2.83 bits per heavy atom. The number of aliphatic carboxylic acids is 1. The third kappa shape index (κ3) is 2.73. The molecule has 5 nitrogen and oxygen atoms in total. The van der Waals surface area contributed by atoms with Gasteiger partial charge in [0.05, 0.1) is 6.61 Å². The molecule has 3 N–H and O–H groups in total. The molecule has 1 aliphatic rings. The predicted octanol–water partition coefficient (Wildman–Crippen LogP) is 1.67. The van der Waals surface area contributed by atoms with Gasteiger partial charge in [-0.2, -0.15) is 0 Å². The van der Waals surface area contributed by atoms with Crippen LogP contribution in [0.1, 0.15) is 31.4 Å². The SMILES string of the molecule is CCOc1cccc(C(NC2CC2)C(=O)O)c1O. The molecule has 2 rings (SSSR count). The highest BCUT2D eigenvalue weighted by Gasteiger charge is 2.31. The first-order chi connectivity index (χ1) is 8.63. The number of nitrogens with one attached hydrogen (secondary N) is 1. The molecule has 18 heavy (non-hydrogen) atoms. The maximum absolute atomic E-state index is 11.3. The van der Waals surface area contributed by atoms with Gasteiger partial charge in [0.2, 0.25) is 0 Å². The molecule has 98 valence electrons. The second kappa shape index (κ2) is 5.27. The molecule has 1 unspecified atom stereocenters. The van der Waals surface area contributed by atoms with Gasteiger partial charge in [-0.25, -0.2) is 0 Å². The van der Waals surface area contributed by atoms with Crippen LogP contribution in [0.15, 0.2) is 18.2 Å². The summed E-state index contributed by atoms with van der Waals surface area (Å²) in [5, 5.41) is 22.3. The minimum absolute atomic E-state index is 0.0973. The minimum Gasteiger partial charge on any atom is -0.504 e. The summed E-state index contributed by atoms with van der Waals surface area (Å²) in [7, 11) is 0. The Bertz CT molecular complexity index is 443. The first-order valence-corrected chi connectivity index (χ1v) is 6.07. The number of carboxylic acid groups (broad SMARTS) is 1. The fraction of sp³-hybridized carbons (Fsp3) is 0.462. The summed E-state index contributed by atoms with van der Waals surface area (Å²) >= 11 is 0. The van der Waals surface area contributed by atoms with Crippen LogP contribution in [-0.2, 0) is 4.79 Å². The molecule has 1 aromatic carbocycles. The summed E-state index contributed by atoms with van der Waals surface area (Å²) in [6.45, 7) is 2.23. The molecule has 0 aromatic heterocycles. The van der Waals surface area contributed by atoms with Gasteiger partial charge in [-0.05, 0) is 25.8 Å². The van der Waals surface area contributed by atoms with E-state index in [-0.39, 0.29) is 11.8 Å². The number of hydrogen-bond acceptors (Lipinski definition) is 4. The van der Waals surface area contributed by atoms with E-state index in [4.69, 9.17) is 4.74 Å². The molecule has 0 aliphatic heterocycles. The van der Waals surface area contributed by atoms with E-state index in [1.54, 1.807) is 18.2 Å². The summed E-state index contributed by atoms with van der Waals surface area (Å²) in [4.78, 5) is 11.3. The summed E-state index contributed by atoms with van der Waals surface area (Å²) in [6, 6.07) is 4.26. The highest BCUT2D eigenvalue weighted by atomic mass is 16.5. The van der Waals surface area contributed by atoms with Crippen LogP contribution in [-0.4, -0.2) is 28.8 Å². The van der Waals surface area contributed by atoms with Gasteiger partial charge in [0, 0.05) is 11.6 Å². The molecule has 1 fully saturated rings. The van der Waals surface area contributed by atoms with Crippen LogP contribution in [0.4, 0.5) is 0 Å². The molecule has 0 amide bonds. The van der Waals surface area contributed by atoms with E-state index in [0.717, 1.165) is 12.8 Å². The van der Waals surface area contributed by atoms with E-state index >= 15 is 0 Å². The molecule has 0 bridgehead atoms. The molecule has 1 aliphatic carbocycles. The first-order valence-electron chi connectivity index (χ1n) is 6.07. The predicted molar refractivity (Wildman–Crippen MR) is 65.8 cm³/mol. The molecule has 1 aromatic rings. The van der Waals surface area contributed by atoms with Crippen LogP contribution in [0.2, 0.25) is 0 Å². The molecule has 1 atom stereocenters. The molecule has 0 saturated heterocycles. The van der Waals surface area contributed by atoms with E-state index in [0.29, 0.717) is 17.9 Å². The number of phenols is 1. The van der Waals surface area contributed by atoms with Gasteiger partial charge in [0.25, 0.3) is 0 Å². The molecular formula is C13H17NO4. The highest BCUT2D eigenvalue weighted by Crippen LogP contribution is 2.35. The van der Waals surface area contributed by atoms with Crippen LogP contribution in [0.3, 0.4) is 0 Å². The number of hydrogen-bond donors (Lipinski definition) is 3. The van der Waals surface area contributed by atoms with E-state index < -0.39 is 12.0 Å². The van der Waals surface area contributed by atoms with Crippen LogP contribution in [0, 0.1) is 0 Å². The van der Waals surface area contributed by atoms with Crippen molar-refractivity contribution in [2.75, 3.05) is 6.61 Å². The standard InChI is InChI=1S/C13H17NO4/c1-2-18-10-5-3-4-9(12(10)15)11(13(16)17)14-8-6-7-8/h3-5,8,11,14-15H,2,6-7H2,1H3,(H,16,17). The van der Waals surface area contributed by atoms with Crippen molar-refractivity contribution in [2.45, 2.75) is 31.8 Å². The molecule has 5 heteroatoms. The number of rotatable bonds is 6. The molecule has 0 radical (unpaired) electrons. The molecule has 0 heterocycles. The lowest BCUT2D eigenvalue weighted by atomic mass is 10.1. The largest absolute Gasteiger partial charge is 0.504 e. The molecule has 0 spiro atoms. The number of ether oxygens (including phenoxy) is 1. The van der Waals surface area contributed by atoms with Gasteiger partial charge in [-0.15, -0.1) is 0 Å². The van der Waals surface area contributed by atoms with Gasteiger partial charge in [0.1, 0.15) is 6.04 Å². The van der Waals surface area contributed by atoms with E-state index in [1.165, 1.54) is 0 Å². The normalized spacial score (nSPS) is 16.3. The Kier molecular flexibility index (Phi) is 3.72. The third-order valence-electron chi connectivity index (χ3n) is 2.87. The van der Waals surface area contributed by atoms with E-state index in [9.17, 15) is 15.0 Å². The summed E-state index contributed by atoms with van der Waals surface area (Å²) in [6.07, 6.45) is 1.96. The maximum atomic E-state index is 11.3. The van der Waals surface area contributed by atoms with Crippen molar-refractivity contribution < 1.29 is 19.7 Å². The smallest absolute Gasteiger partial charge is 0.325 e. The zero-order valence-electron chi connectivity index (χ0n) is 10.2. The van der Waals surface area contributed by atoms with Crippen molar-refractivity contribution in [1.82, 2.24) is 5.32 Å². The Labute approximate surface area is 105 Å². The van der Waals surface area contributed by atoms with Gasteiger partial charge in [-0.3, -0.25) is 10.1 Å². The lowest BCUT2D eigenvalue weighted by Crippen LogP contribution is -2.30. The lowest BCUT2D eigenvalue weighted by molar-refractivity contribution is -0.139. The fourth-order valence-electron chi connectivity index (χ4n) is 1.82. The van der Waals surface area contributed by atoms with Gasteiger partial charge >= 0.3 is 5.97 Å². The number of benzene rings is 1. The highest BCUT2D eigenvalue weighted by molar-refractivity contribution is 5.77. The van der Waals surface area contributed by atoms with Crippen molar-refractivity contribution in [3.8, 4) is 11.5 Å². The quantitative estimate of drug-likeness (QED) is 0.716. The average Bonchev–Trinajstić information content (AvgIpc) is 3.13. The summed E-state index contributed by atoms with van der Waals surface area (Å²) in [5.41, 5.74) is 0.348. The Balaban J connectivity index is 2.27. The number of carbonyl (C=O) groups is 1. The number of carboxylic acids is 1. The average molecular weight is 251 g/mol. The fourth-order valence-corrected chi connectivity index (χ4v) is 1.82. The second-order valence-electron chi connectivity index (χ2n) is 4.34. The third-order valence-corrected chi connectivity index (χ3v) is 2.87. The van der Waals surface area contributed by atoms with E-state index in [1.807, 2.05) is 6.92 Å². The van der Waals surface area contributed by atoms with Gasteiger partial charge in [-0.1, -0.05) is 12.1 Å². The minimum atomic E-state index is -0.995. The summed E-state index contributed by atoms with van der Waals surface area (Å²) in [5.74, 6) is -0.774. The number of phenolic OH excluding ortho intramolecular Hbond substituents is 1. The van der Waals surface area contributed by atoms with Crippen LogP contribution in [0.5, 0.6) is 11.5 Å². The van der Waals surface area contributed by atoms with Crippen LogP contribution < -0.4 is 10.1 Å². The van der Waals surface area contributed by atoms with Crippen molar-refractivity contribution in [3.63, 3.8) is 0 Å².